The Bertz CT molecular complexity index is 565. The largest absolute Gasteiger partial charge is 0.390 e. The Balaban J connectivity index is 2.07. The molecule has 0 saturated heterocycles. The SMILES string of the molecule is C=C1CCCC/C1=C/CC1CCC[C@](C)(C(CCC)[C@H](C)CCCC(C)(C)O)C1C. The Morgan fingerprint density at radius 1 is 1.20 bits per heavy atom. The molecule has 0 aromatic rings. The van der Waals surface area contributed by atoms with Gasteiger partial charge in [0.1, 0.15) is 0 Å². The van der Waals surface area contributed by atoms with Crippen molar-refractivity contribution >= 4 is 0 Å². The Labute approximate surface area is 188 Å². The van der Waals surface area contributed by atoms with Gasteiger partial charge in [0.05, 0.1) is 5.60 Å². The first-order chi connectivity index (χ1) is 14.1. The molecule has 0 amide bonds. The van der Waals surface area contributed by atoms with E-state index in [4.69, 9.17) is 0 Å². The van der Waals surface area contributed by atoms with Crippen LogP contribution in [-0.4, -0.2) is 10.7 Å². The predicted octanol–water partition coefficient (Wildman–Crippen LogP) is 8.87. The maximum Gasteiger partial charge on any atom is 0.0591 e. The second kappa shape index (κ2) is 11.3. The highest BCUT2D eigenvalue weighted by atomic mass is 16.3. The molecule has 0 aromatic heterocycles. The summed E-state index contributed by atoms with van der Waals surface area (Å²) in [5.41, 5.74) is 2.92. The van der Waals surface area contributed by atoms with Crippen LogP contribution in [0.5, 0.6) is 0 Å². The van der Waals surface area contributed by atoms with Gasteiger partial charge in [-0.05, 0) is 106 Å². The molecule has 5 atom stereocenters. The smallest absolute Gasteiger partial charge is 0.0591 e. The highest BCUT2D eigenvalue weighted by Gasteiger charge is 2.45. The molecular formula is C29H52O. The highest BCUT2D eigenvalue weighted by Crippen LogP contribution is 2.54. The van der Waals surface area contributed by atoms with Crippen LogP contribution in [0.4, 0.5) is 0 Å². The molecule has 174 valence electrons. The molecule has 0 aromatic carbocycles. The van der Waals surface area contributed by atoms with E-state index >= 15 is 0 Å². The van der Waals surface area contributed by atoms with Gasteiger partial charge in [0.2, 0.25) is 0 Å². The van der Waals surface area contributed by atoms with Gasteiger partial charge < -0.3 is 5.11 Å². The van der Waals surface area contributed by atoms with Crippen LogP contribution in [0.3, 0.4) is 0 Å². The summed E-state index contributed by atoms with van der Waals surface area (Å²) < 4.78 is 0. The minimum absolute atomic E-state index is 0.454. The van der Waals surface area contributed by atoms with Gasteiger partial charge in [-0.15, -0.1) is 0 Å². The molecule has 3 unspecified atom stereocenters. The summed E-state index contributed by atoms with van der Waals surface area (Å²) in [6.07, 6.45) is 19.2. The molecule has 2 saturated carbocycles. The Hall–Kier alpha value is -0.560. The first-order valence-electron chi connectivity index (χ1n) is 13.2. The van der Waals surface area contributed by atoms with Crippen molar-refractivity contribution in [2.75, 3.05) is 0 Å². The zero-order valence-corrected chi connectivity index (χ0v) is 21.2. The van der Waals surface area contributed by atoms with Gasteiger partial charge in [0, 0.05) is 0 Å². The minimum Gasteiger partial charge on any atom is -0.390 e. The Kier molecular flexibility index (Phi) is 9.72. The molecule has 1 heteroatoms. The third-order valence-electron chi connectivity index (χ3n) is 8.92. The molecule has 2 rings (SSSR count). The molecule has 0 aliphatic heterocycles. The lowest BCUT2D eigenvalue weighted by Crippen LogP contribution is -2.43. The molecule has 2 aliphatic carbocycles. The van der Waals surface area contributed by atoms with Gasteiger partial charge in [-0.3, -0.25) is 0 Å². The number of hydrogen-bond acceptors (Lipinski definition) is 1. The summed E-state index contributed by atoms with van der Waals surface area (Å²) in [6, 6.07) is 0. The average Bonchev–Trinajstić information content (AvgIpc) is 2.67. The zero-order chi connectivity index (χ0) is 22.4. The van der Waals surface area contributed by atoms with E-state index in [-0.39, 0.29) is 0 Å². The molecule has 0 radical (unpaired) electrons. The minimum atomic E-state index is -0.524. The summed E-state index contributed by atoms with van der Waals surface area (Å²) in [6.45, 7) is 18.3. The summed E-state index contributed by atoms with van der Waals surface area (Å²) >= 11 is 0. The molecule has 30 heavy (non-hydrogen) atoms. The molecular weight excluding hydrogens is 364 g/mol. The van der Waals surface area contributed by atoms with E-state index in [2.05, 4.69) is 40.3 Å². The van der Waals surface area contributed by atoms with Crippen LogP contribution < -0.4 is 0 Å². The van der Waals surface area contributed by atoms with Crippen molar-refractivity contribution < 1.29 is 5.11 Å². The quantitative estimate of drug-likeness (QED) is 0.377. The molecule has 1 nitrogen and oxygen atoms in total. The van der Waals surface area contributed by atoms with Gasteiger partial charge in [-0.2, -0.15) is 0 Å². The summed E-state index contributed by atoms with van der Waals surface area (Å²) in [4.78, 5) is 0. The van der Waals surface area contributed by atoms with Gasteiger partial charge >= 0.3 is 0 Å². The Morgan fingerprint density at radius 2 is 1.90 bits per heavy atom. The van der Waals surface area contributed by atoms with E-state index in [0.29, 0.717) is 5.41 Å². The average molecular weight is 417 g/mol. The summed E-state index contributed by atoms with van der Waals surface area (Å²) in [5.74, 6) is 3.16. The number of aliphatic hydroxyl groups is 1. The maximum atomic E-state index is 10.1. The molecule has 0 spiro atoms. The van der Waals surface area contributed by atoms with Crippen molar-refractivity contribution in [2.45, 2.75) is 131 Å². The van der Waals surface area contributed by atoms with Crippen molar-refractivity contribution in [2.24, 2.45) is 29.1 Å². The summed E-state index contributed by atoms with van der Waals surface area (Å²) in [5, 5.41) is 10.1. The van der Waals surface area contributed by atoms with Gasteiger partial charge in [0.15, 0.2) is 0 Å². The third kappa shape index (κ3) is 6.98. The van der Waals surface area contributed by atoms with Crippen LogP contribution >= 0.6 is 0 Å². The first-order valence-corrected chi connectivity index (χ1v) is 13.2. The zero-order valence-electron chi connectivity index (χ0n) is 21.2. The fourth-order valence-corrected chi connectivity index (χ4v) is 6.77. The fourth-order valence-electron chi connectivity index (χ4n) is 6.77. The van der Waals surface area contributed by atoms with E-state index < -0.39 is 5.60 Å². The van der Waals surface area contributed by atoms with Gasteiger partial charge in [-0.1, -0.05) is 71.6 Å². The fraction of sp³-hybridized carbons (Fsp3) is 0.862. The molecule has 2 aliphatic rings. The van der Waals surface area contributed by atoms with Gasteiger partial charge in [-0.25, -0.2) is 0 Å². The van der Waals surface area contributed by atoms with Crippen molar-refractivity contribution in [1.29, 1.82) is 0 Å². The van der Waals surface area contributed by atoms with Crippen LogP contribution in [0.15, 0.2) is 23.8 Å². The standard InChI is InChI=1S/C29H52O/c1-8-13-27(23(3)15-11-20-28(5,6)30)29(7)21-12-17-26(24(29)4)19-18-25-16-10-9-14-22(25)2/h18,23-24,26-27,30H,2,8-17,19-21H2,1,3-7H3/b25-18-/t23-,24?,26?,27?,29+/m1/s1. The number of hydrogen-bond donors (Lipinski definition) is 1. The second-order valence-corrected chi connectivity index (χ2v) is 11.8. The van der Waals surface area contributed by atoms with E-state index in [1.165, 1.54) is 76.2 Å². The van der Waals surface area contributed by atoms with Crippen molar-refractivity contribution in [3.8, 4) is 0 Å². The lowest BCUT2D eigenvalue weighted by Gasteiger charge is -2.51. The lowest BCUT2D eigenvalue weighted by atomic mass is 9.54. The predicted molar refractivity (Wildman–Crippen MR) is 133 cm³/mol. The first kappa shape index (κ1) is 25.7. The molecule has 1 N–H and O–H groups in total. The van der Waals surface area contributed by atoms with Crippen LogP contribution in [-0.2, 0) is 0 Å². The Morgan fingerprint density at radius 3 is 2.53 bits per heavy atom. The molecule has 0 heterocycles. The van der Waals surface area contributed by atoms with Crippen molar-refractivity contribution in [1.82, 2.24) is 0 Å². The summed E-state index contributed by atoms with van der Waals surface area (Å²) in [7, 11) is 0. The second-order valence-electron chi connectivity index (χ2n) is 11.8. The normalized spacial score (nSPS) is 31.7. The highest BCUT2D eigenvalue weighted by molar-refractivity contribution is 5.30. The monoisotopic (exact) mass is 416 g/mol. The van der Waals surface area contributed by atoms with E-state index in [9.17, 15) is 5.11 Å². The molecule has 0 bridgehead atoms. The van der Waals surface area contributed by atoms with Crippen LogP contribution in [0.25, 0.3) is 0 Å². The van der Waals surface area contributed by atoms with E-state index in [1.54, 1.807) is 5.57 Å². The lowest BCUT2D eigenvalue weighted by molar-refractivity contribution is -0.0183. The number of rotatable bonds is 10. The van der Waals surface area contributed by atoms with Crippen LogP contribution in [0.1, 0.15) is 125 Å². The van der Waals surface area contributed by atoms with Gasteiger partial charge in [0.25, 0.3) is 0 Å². The maximum absolute atomic E-state index is 10.1. The topological polar surface area (TPSA) is 20.2 Å². The van der Waals surface area contributed by atoms with Crippen molar-refractivity contribution in [3.63, 3.8) is 0 Å². The number of allylic oxidation sites excluding steroid dienone is 3. The molecule has 2 fully saturated rings. The van der Waals surface area contributed by atoms with E-state index in [1.807, 2.05) is 13.8 Å². The van der Waals surface area contributed by atoms with Crippen LogP contribution in [0.2, 0.25) is 0 Å². The third-order valence-corrected chi connectivity index (χ3v) is 8.92. The van der Waals surface area contributed by atoms with E-state index in [0.717, 1.165) is 36.5 Å². The van der Waals surface area contributed by atoms with Crippen molar-refractivity contribution in [3.05, 3.63) is 23.8 Å². The van der Waals surface area contributed by atoms with Crippen LogP contribution in [0, 0.1) is 29.1 Å².